The quantitative estimate of drug-likeness (QED) is 0.618. The van der Waals surface area contributed by atoms with E-state index < -0.39 is 4.92 Å². The topological polar surface area (TPSA) is 63.4 Å². The molecule has 0 aromatic heterocycles. The van der Waals surface area contributed by atoms with Gasteiger partial charge in [0.2, 0.25) is 0 Å². The first-order chi connectivity index (χ1) is 9.09. The van der Waals surface area contributed by atoms with E-state index in [2.05, 4.69) is 0 Å². The molecule has 1 fully saturated rings. The third-order valence-corrected chi connectivity index (χ3v) is 3.60. The Kier molecular flexibility index (Phi) is 4.37. The molecular formula is C13H15ClN2O3. The van der Waals surface area contributed by atoms with Crippen molar-refractivity contribution in [3.05, 3.63) is 38.9 Å². The van der Waals surface area contributed by atoms with Gasteiger partial charge in [-0.3, -0.25) is 14.9 Å². The highest BCUT2D eigenvalue weighted by atomic mass is 35.5. The van der Waals surface area contributed by atoms with Gasteiger partial charge in [-0.05, 0) is 18.9 Å². The van der Waals surface area contributed by atoms with Gasteiger partial charge in [0.1, 0.15) is 0 Å². The SMILES string of the molecule is O=C(c1ccc([N+](=O)[O-])cc1Cl)N1CCCCCC1. The molecule has 0 radical (unpaired) electrons. The molecule has 1 heterocycles. The number of likely N-dealkylation sites (tertiary alicyclic amines) is 1. The lowest BCUT2D eigenvalue weighted by Gasteiger charge is -2.20. The molecule has 5 nitrogen and oxygen atoms in total. The number of carbonyl (C=O) groups excluding carboxylic acids is 1. The summed E-state index contributed by atoms with van der Waals surface area (Å²) in [4.78, 5) is 24.2. The van der Waals surface area contributed by atoms with Crippen molar-refractivity contribution in [3.8, 4) is 0 Å². The highest BCUT2D eigenvalue weighted by Gasteiger charge is 2.21. The van der Waals surface area contributed by atoms with Crippen LogP contribution in [-0.4, -0.2) is 28.8 Å². The van der Waals surface area contributed by atoms with Crippen LogP contribution in [0.3, 0.4) is 0 Å². The molecule has 0 unspecified atom stereocenters. The van der Waals surface area contributed by atoms with E-state index in [9.17, 15) is 14.9 Å². The van der Waals surface area contributed by atoms with Crippen LogP contribution in [0.15, 0.2) is 18.2 Å². The standard InChI is InChI=1S/C13H15ClN2O3/c14-12-9-10(16(18)19)5-6-11(12)13(17)15-7-3-1-2-4-8-15/h5-6,9H,1-4,7-8H2. The molecule has 19 heavy (non-hydrogen) atoms. The number of benzene rings is 1. The van der Waals surface area contributed by atoms with Crippen LogP contribution in [0.5, 0.6) is 0 Å². The lowest BCUT2D eigenvalue weighted by atomic mass is 10.1. The Hall–Kier alpha value is -1.62. The largest absolute Gasteiger partial charge is 0.339 e. The molecule has 102 valence electrons. The molecule has 0 saturated carbocycles. The van der Waals surface area contributed by atoms with Crippen LogP contribution in [0, 0.1) is 10.1 Å². The van der Waals surface area contributed by atoms with Crippen molar-refractivity contribution in [2.45, 2.75) is 25.7 Å². The zero-order valence-electron chi connectivity index (χ0n) is 10.5. The first-order valence-electron chi connectivity index (χ1n) is 6.33. The first kappa shape index (κ1) is 13.8. The Morgan fingerprint density at radius 3 is 2.37 bits per heavy atom. The monoisotopic (exact) mass is 282 g/mol. The van der Waals surface area contributed by atoms with Crippen molar-refractivity contribution in [2.75, 3.05) is 13.1 Å². The predicted molar refractivity (Wildman–Crippen MR) is 72.5 cm³/mol. The van der Waals surface area contributed by atoms with Crippen molar-refractivity contribution in [2.24, 2.45) is 0 Å². The molecule has 1 aromatic carbocycles. The van der Waals surface area contributed by atoms with Gasteiger partial charge in [-0.25, -0.2) is 0 Å². The Morgan fingerprint density at radius 1 is 1.21 bits per heavy atom. The van der Waals surface area contributed by atoms with Gasteiger partial charge in [0, 0.05) is 25.2 Å². The molecule has 0 aliphatic carbocycles. The molecule has 0 N–H and O–H groups in total. The van der Waals surface area contributed by atoms with Crippen molar-refractivity contribution < 1.29 is 9.72 Å². The van der Waals surface area contributed by atoms with Gasteiger partial charge in [-0.1, -0.05) is 24.4 Å². The van der Waals surface area contributed by atoms with Crippen molar-refractivity contribution in [1.82, 2.24) is 4.90 Å². The number of nitrogens with zero attached hydrogens (tertiary/aromatic N) is 2. The summed E-state index contributed by atoms with van der Waals surface area (Å²) in [6.07, 6.45) is 4.27. The molecule has 6 heteroatoms. The first-order valence-corrected chi connectivity index (χ1v) is 6.70. The third kappa shape index (κ3) is 3.23. The summed E-state index contributed by atoms with van der Waals surface area (Å²) < 4.78 is 0. The summed E-state index contributed by atoms with van der Waals surface area (Å²) in [7, 11) is 0. The summed E-state index contributed by atoms with van der Waals surface area (Å²) in [5, 5.41) is 10.8. The Morgan fingerprint density at radius 2 is 1.84 bits per heavy atom. The van der Waals surface area contributed by atoms with E-state index in [1.807, 2.05) is 0 Å². The van der Waals surface area contributed by atoms with Gasteiger partial charge in [-0.2, -0.15) is 0 Å². The third-order valence-electron chi connectivity index (χ3n) is 3.29. The van der Waals surface area contributed by atoms with Gasteiger partial charge in [0.05, 0.1) is 15.5 Å². The summed E-state index contributed by atoms with van der Waals surface area (Å²) >= 11 is 5.98. The summed E-state index contributed by atoms with van der Waals surface area (Å²) in [6, 6.07) is 3.98. The minimum Gasteiger partial charge on any atom is -0.339 e. The molecule has 0 atom stereocenters. The molecule has 1 aliphatic heterocycles. The van der Waals surface area contributed by atoms with E-state index in [0.717, 1.165) is 38.8 Å². The summed E-state index contributed by atoms with van der Waals surface area (Å²) in [5.41, 5.74) is 0.242. The maximum Gasteiger partial charge on any atom is 0.270 e. The lowest BCUT2D eigenvalue weighted by molar-refractivity contribution is -0.384. The van der Waals surface area contributed by atoms with Crippen LogP contribution < -0.4 is 0 Å². The maximum atomic E-state index is 12.3. The zero-order chi connectivity index (χ0) is 13.8. The fourth-order valence-corrected chi connectivity index (χ4v) is 2.49. The number of carbonyl (C=O) groups is 1. The number of rotatable bonds is 2. The molecule has 1 aliphatic rings. The number of nitro benzene ring substituents is 1. The van der Waals surface area contributed by atoms with E-state index in [1.165, 1.54) is 18.2 Å². The number of amides is 1. The molecule has 0 bridgehead atoms. The van der Waals surface area contributed by atoms with E-state index in [0.29, 0.717) is 5.56 Å². The van der Waals surface area contributed by atoms with E-state index in [4.69, 9.17) is 11.6 Å². The van der Waals surface area contributed by atoms with E-state index in [-0.39, 0.29) is 16.6 Å². The molecule has 1 saturated heterocycles. The van der Waals surface area contributed by atoms with Crippen LogP contribution in [0.25, 0.3) is 0 Å². The van der Waals surface area contributed by atoms with E-state index in [1.54, 1.807) is 4.90 Å². The average molecular weight is 283 g/mol. The van der Waals surface area contributed by atoms with Crippen LogP contribution >= 0.6 is 11.6 Å². The highest BCUT2D eigenvalue weighted by Crippen LogP contribution is 2.24. The highest BCUT2D eigenvalue weighted by molar-refractivity contribution is 6.34. The predicted octanol–water partition coefficient (Wildman–Crippen LogP) is 3.26. The minimum absolute atomic E-state index is 0.0996. The van der Waals surface area contributed by atoms with Gasteiger partial charge in [-0.15, -0.1) is 0 Å². The zero-order valence-corrected chi connectivity index (χ0v) is 11.2. The van der Waals surface area contributed by atoms with Crippen LogP contribution in [0.2, 0.25) is 5.02 Å². The minimum atomic E-state index is -0.522. The summed E-state index contributed by atoms with van der Waals surface area (Å²) in [6.45, 7) is 1.46. The number of nitro groups is 1. The van der Waals surface area contributed by atoms with Crippen molar-refractivity contribution in [3.63, 3.8) is 0 Å². The normalized spacial score (nSPS) is 15.9. The van der Waals surface area contributed by atoms with Crippen LogP contribution in [0.1, 0.15) is 36.0 Å². The second-order valence-corrected chi connectivity index (χ2v) is 5.03. The molecule has 0 spiro atoms. The van der Waals surface area contributed by atoms with Crippen molar-refractivity contribution >= 4 is 23.2 Å². The Bertz CT molecular complexity index is 497. The fourth-order valence-electron chi connectivity index (χ4n) is 2.24. The number of hydrogen-bond acceptors (Lipinski definition) is 3. The van der Waals surface area contributed by atoms with Crippen LogP contribution in [0.4, 0.5) is 5.69 Å². The Balaban J connectivity index is 2.20. The number of non-ortho nitro benzene ring substituents is 1. The van der Waals surface area contributed by atoms with Gasteiger partial charge >= 0.3 is 0 Å². The average Bonchev–Trinajstić information content (AvgIpc) is 2.66. The molecular weight excluding hydrogens is 268 g/mol. The van der Waals surface area contributed by atoms with Gasteiger partial charge in [0.25, 0.3) is 11.6 Å². The maximum absolute atomic E-state index is 12.3. The second kappa shape index (κ2) is 6.02. The molecule has 2 rings (SSSR count). The Labute approximate surface area is 116 Å². The van der Waals surface area contributed by atoms with Crippen molar-refractivity contribution in [1.29, 1.82) is 0 Å². The molecule has 1 aromatic rings. The smallest absolute Gasteiger partial charge is 0.270 e. The van der Waals surface area contributed by atoms with E-state index >= 15 is 0 Å². The number of hydrogen-bond donors (Lipinski definition) is 0. The fraction of sp³-hybridized carbons (Fsp3) is 0.462. The van der Waals surface area contributed by atoms with Crippen LogP contribution in [-0.2, 0) is 0 Å². The van der Waals surface area contributed by atoms with Gasteiger partial charge < -0.3 is 4.90 Å². The molecule has 1 amide bonds. The lowest BCUT2D eigenvalue weighted by Crippen LogP contribution is -2.32. The number of halogens is 1. The van der Waals surface area contributed by atoms with Gasteiger partial charge in [0.15, 0.2) is 0 Å². The second-order valence-electron chi connectivity index (χ2n) is 4.63. The summed E-state index contributed by atoms with van der Waals surface area (Å²) in [5.74, 6) is -0.137.